The smallest absolute Gasteiger partial charge is 0.317 e. The van der Waals surface area contributed by atoms with Crippen molar-refractivity contribution in [3.05, 3.63) is 84.0 Å². The third-order valence-electron chi connectivity index (χ3n) is 17.8. The van der Waals surface area contributed by atoms with Crippen LogP contribution in [0.2, 0.25) is 0 Å². The van der Waals surface area contributed by atoms with Crippen molar-refractivity contribution in [2.45, 2.75) is 123 Å². The summed E-state index contributed by atoms with van der Waals surface area (Å²) in [6, 6.07) is 18.2. The van der Waals surface area contributed by atoms with Crippen LogP contribution in [-0.4, -0.2) is 57.8 Å². The second kappa shape index (κ2) is 12.6. The lowest BCUT2D eigenvalue weighted by Gasteiger charge is -2.71. The first-order valence-electron chi connectivity index (χ1n) is 21.7. The Balaban J connectivity index is 1.12. The molecule has 2 aromatic rings. The van der Waals surface area contributed by atoms with E-state index in [-0.39, 0.29) is 35.1 Å². The number of carbonyl (C=O) groups is 2. The van der Waals surface area contributed by atoms with E-state index in [0.29, 0.717) is 48.7 Å². The highest BCUT2D eigenvalue weighted by atomic mass is 16.3. The fourth-order valence-electron chi connectivity index (χ4n) is 14.6. The van der Waals surface area contributed by atoms with Gasteiger partial charge in [-0.2, -0.15) is 0 Å². The standard InChI is InChI=1S/C49H64N2O4/c1-31(2)50-43(54)51(29-33-16-17-34-26-38(33)44(34,3)4)30-48(55)23-20-41-46(48,6)22-19-40-45(5)21-18-35(52)27-47(45)24-25-49(40,41)39(28-47)42(53)37-15-11-10-14-36(37)32-12-8-7-9-13-32/h7-15,24-25,28,31,33-35,38,40-41,52,55H,16-23,26-27,29-30H2,1-6H3,(H,50,54)/t33-,34-,35?,38-,40+,41+,45+,46-,47-,48+,49+/m0/s1. The Morgan fingerprint density at radius 2 is 1.55 bits per heavy atom. The zero-order valence-corrected chi connectivity index (χ0v) is 34.1. The summed E-state index contributed by atoms with van der Waals surface area (Å²) in [7, 11) is 0. The molecule has 9 aliphatic carbocycles. The Morgan fingerprint density at radius 1 is 0.855 bits per heavy atom. The molecule has 0 radical (unpaired) electrons. The number of Topliss-reactive ketones (excluding diaryl/α,β-unsaturated/α-hetero) is 1. The molecule has 9 aliphatic rings. The molecule has 6 nitrogen and oxygen atoms in total. The molecule has 6 saturated carbocycles. The van der Waals surface area contributed by atoms with Crippen LogP contribution in [0.5, 0.6) is 0 Å². The van der Waals surface area contributed by atoms with Crippen molar-refractivity contribution < 1.29 is 19.8 Å². The first-order valence-corrected chi connectivity index (χ1v) is 21.7. The van der Waals surface area contributed by atoms with Crippen LogP contribution < -0.4 is 5.32 Å². The summed E-state index contributed by atoms with van der Waals surface area (Å²) in [5.41, 5.74) is 1.18. The van der Waals surface area contributed by atoms with Crippen molar-refractivity contribution in [1.82, 2.24) is 10.2 Å². The number of nitrogens with zero attached hydrogens (tertiary/aromatic N) is 1. The zero-order chi connectivity index (χ0) is 38.8. The van der Waals surface area contributed by atoms with Gasteiger partial charge >= 0.3 is 6.03 Å². The first kappa shape index (κ1) is 37.4. The van der Waals surface area contributed by atoms with Gasteiger partial charge in [-0.05, 0) is 130 Å². The molecule has 6 fully saturated rings. The summed E-state index contributed by atoms with van der Waals surface area (Å²) in [5, 5.41) is 27.7. The molecule has 2 aromatic carbocycles. The third kappa shape index (κ3) is 5.18. The summed E-state index contributed by atoms with van der Waals surface area (Å²) in [6.07, 6.45) is 15.8. The van der Waals surface area contributed by atoms with Crippen LogP contribution in [0, 0.1) is 56.7 Å². The van der Waals surface area contributed by atoms with Gasteiger partial charge in [0, 0.05) is 40.0 Å². The Bertz CT molecular complexity index is 1930. The van der Waals surface area contributed by atoms with Gasteiger partial charge in [-0.3, -0.25) is 4.79 Å². The molecule has 0 saturated heterocycles. The fraction of sp³-hybridized carbons (Fsp3) is 0.633. The molecular formula is C49H64N2O4. The lowest BCUT2D eigenvalue weighted by Crippen LogP contribution is -2.67. The van der Waals surface area contributed by atoms with Crippen molar-refractivity contribution >= 4 is 11.8 Å². The molecule has 6 heteroatoms. The highest BCUT2D eigenvalue weighted by Crippen LogP contribution is 2.78. The van der Waals surface area contributed by atoms with Crippen LogP contribution in [0.25, 0.3) is 11.1 Å². The average molecular weight is 745 g/mol. The monoisotopic (exact) mass is 744 g/mol. The topological polar surface area (TPSA) is 89.9 Å². The minimum atomic E-state index is -1.10. The Hall–Kier alpha value is -3.22. The molecule has 1 unspecified atom stereocenters. The number of fused-ring (bicyclic) bond motifs is 3. The maximum Gasteiger partial charge on any atom is 0.317 e. The van der Waals surface area contributed by atoms with Gasteiger partial charge in [-0.25, -0.2) is 4.79 Å². The quantitative estimate of drug-likeness (QED) is 0.186. The Morgan fingerprint density at radius 3 is 2.27 bits per heavy atom. The number of urea groups is 1. The van der Waals surface area contributed by atoms with Crippen LogP contribution in [0.15, 0.2) is 78.4 Å². The van der Waals surface area contributed by atoms with Crippen LogP contribution in [0.1, 0.15) is 116 Å². The Kier molecular flexibility index (Phi) is 8.59. The van der Waals surface area contributed by atoms with E-state index in [1.807, 2.05) is 55.1 Å². The molecule has 4 bridgehead atoms. The van der Waals surface area contributed by atoms with Gasteiger partial charge in [-0.1, -0.05) is 101 Å². The number of ketones is 1. The summed E-state index contributed by atoms with van der Waals surface area (Å²) >= 11 is 0. The van der Waals surface area contributed by atoms with Crippen LogP contribution in [0.4, 0.5) is 4.79 Å². The number of amides is 2. The molecule has 294 valence electrons. The summed E-state index contributed by atoms with van der Waals surface area (Å²) in [5.74, 6) is 2.15. The van der Waals surface area contributed by atoms with E-state index >= 15 is 4.79 Å². The van der Waals surface area contributed by atoms with Gasteiger partial charge in [0.15, 0.2) is 5.78 Å². The van der Waals surface area contributed by atoms with Crippen molar-refractivity contribution in [3.8, 4) is 11.1 Å². The molecule has 11 atom stereocenters. The van der Waals surface area contributed by atoms with Crippen LogP contribution in [-0.2, 0) is 0 Å². The SMILES string of the molecule is CC(C)NC(=O)N(C[C@@H]1CC[C@H]2C[C@@H]1C2(C)C)C[C@]1(O)CC[C@H]2[C@]34C=C[C@@]5(C=C3C(=O)c3ccccc3-c3ccccc3)CC(O)CC[C@]5(C)[C@H]4CC[C@@]21C. The molecule has 3 N–H and O–H groups in total. The van der Waals surface area contributed by atoms with Gasteiger partial charge in [0.25, 0.3) is 0 Å². The van der Waals surface area contributed by atoms with E-state index < -0.39 is 27.9 Å². The number of aliphatic hydroxyl groups excluding tert-OH is 1. The van der Waals surface area contributed by atoms with Crippen molar-refractivity contribution in [2.75, 3.05) is 13.1 Å². The minimum absolute atomic E-state index is 0.00359. The van der Waals surface area contributed by atoms with Gasteiger partial charge in [0.2, 0.25) is 0 Å². The van der Waals surface area contributed by atoms with Crippen molar-refractivity contribution in [2.24, 2.45) is 56.7 Å². The van der Waals surface area contributed by atoms with Crippen molar-refractivity contribution in [1.29, 1.82) is 0 Å². The predicted octanol–water partition coefficient (Wildman–Crippen LogP) is 9.62. The highest BCUT2D eigenvalue weighted by molar-refractivity contribution is 6.14. The van der Waals surface area contributed by atoms with Gasteiger partial charge in [0.1, 0.15) is 0 Å². The minimum Gasteiger partial charge on any atom is -0.393 e. The predicted molar refractivity (Wildman–Crippen MR) is 218 cm³/mol. The summed E-state index contributed by atoms with van der Waals surface area (Å²) in [4.78, 5) is 31.7. The number of aliphatic hydroxyl groups is 2. The molecule has 2 spiro atoms. The van der Waals surface area contributed by atoms with E-state index in [1.54, 1.807) is 0 Å². The maximum absolute atomic E-state index is 15.5. The molecule has 0 heterocycles. The maximum atomic E-state index is 15.5. The summed E-state index contributed by atoms with van der Waals surface area (Å²) < 4.78 is 0. The Labute approximate surface area is 329 Å². The normalized spacial score (nSPS) is 41.7. The highest BCUT2D eigenvalue weighted by Gasteiger charge is 2.74. The van der Waals surface area contributed by atoms with Crippen molar-refractivity contribution in [3.63, 3.8) is 0 Å². The second-order valence-electron chi connectivity index (χ2n) is 20.7. The molecule has 11 rings (SSSR count). The number of hydrogen-bond acceptors (Lipinski definition) is 4. The number of allylic oxidation sites excluding steroid dienone is 4. The van der Waals surface area contributed by atoms with E-state index in [1.165, 1.54) is 12.8 Å². The average Bonchev–Trinajstić information content (AvgIpc) is 3.44. The number of hydrogen-bond donors (Lipinski definition) is 3. The number of benzene rings is 2. The summed E-state index contributed by atoms with van der Waals surface area (Å²) in [6.45, 7) is 14.6. The first-order chi connectivity index (χ1) is 26.1. The lowest BCUT2D eigenvalue weighted by molar-refractivity contribution is -0.176. The van der Waals surface area contributed by atoms with E-state index in [9.17, 15) is 15.0 Å². The van der Waals surface area contributed by atoms with Gasteiger partial charge in [0.05, 0.1) is 18.2 Å². The molecule has 0 aliphatic heterocycles. The molecule has 2 amide bonds. The third-order valence-corrected chi connectivity index (χ3v) is 17.8. The molecular weight excluding hydrogens is 681 g/mol. The van der Waals surface area contributed by atoms with Gasteiger partial charge < -0.3 is 20.4 Å². The molecule has 55 heavy (non-hydrogen) atoms. The van der Waals surface area contributed by atoms with Crippen LogP contribution >= 0.6 is 0 Å². The second-order valence-corrected chi connectivity index (χ2v) is 20.7. The fourth-order valence-corrected chi connectivity index (χ4v) is 14.6. The number of rotatable bonds is 8. The largest absolute Gasteiger partial charge is 0.393 e. The number of nitrogens with one attached hydrogen (secondary N) is 1. The number of carbonyl (C=O) groups excluding carboxylic acids is 2. The van der Waals surface area contributed by atoms with E-state index in [4.69, 9.17) is 0 Å². The zero-order valence-electron chi connectivity index (χ0n) is 34.1. The lowest BCUT2D eigenvalue weighted by atomic mass is 9.32. The van der Waals surface area contributed by atoms with Crippen LogP contribution in [0.3, 0.4) is 0 Å². The van der Waals surface area contributed by atoms with Gasteiger partial charge in [-0.15, -0.1) is 0 Å². The van der Waals surface area contributed by atoms with E-state index in [2.05, 4.69) is 69.4 Å². The molecule has 0 aromatic heterocycles. The van der Waals surface area contributed by atoms with E-state index in [0.717, 1.165) is 61.1 Å².